The summed E-state index contributed by atoms with van der Waals surface area (Å²) in [5.74, 6) is 0.723. The van der Waals surface area contributed by atoms with Crippen LogP contribution in [-0.4, -0.2) is 16.6 Å². The Morgan fingerprint density at radius 3 is 2.80 bits per heavy atom. The van der Waals surface area contributed by atoms with E-state index in [1.165, 1.54) is 11.1 Å². The predicted octanol–water partition coefficient (Wildman–Crippen LogP) is 3.68. The Hall–Kier alpha value is -1.46. The molecule has 0 radical (unpaired) electrons. The van der Waals surface area contributed by atoms with Gasteiger partial charge in [-0.3, -0.25) is 0 Å². The van der Waals surface area contributed by atoms with Gasteiger partial charge in [-0.25, -0.2) is 4.98 Å². The zero-order chi connectivity index (χ0) is 14.4. The van der Waals surface area contributed by atoms with Crippen LogP contribution in [0.2, 0.25) is 0 Å². The van der Waals surface area contributed by atoms with Crippen LogP contribution in [0.4, 0.5) is 5.82 Å². The molecular weight excluding hydrogens is 334 g/mol. The van der Waals surface area contributed by atoms with E-state index in [-0.39, 0.29) is 0 Å². The summed E-state index contributed by atoms with van der Waals surface area (Å²) in [6.07, 6.45) is 2.67. The lowest BCUT2D eigenvalue weighted by Gasteiger charge is -2.11. The molecule has 0 atom stereocenters. The van der Waals surface area contributed by atoms with Crippen LogP contribution >= 0.6 is 28.1 Å². The standard InChI is InChI=1S/C15H16BrN3S/c1-11-5-2-3-6-12(11)8-10-18-15(20)19-14-13(16)7-4-9-17-14/h2-7,9H,8,10H2,1H3,(H2,17,18,19,20). The second-order valence-electron chi connectivity index (χ2n) is 4.39. The molecule has 0 saturated carbocycles. The normalized spacial score (nSPS) is 10.1. The Labute approximate surface area is 132 Å². The molecule has 0 amide bonds. The number of thiocarbonyl (C=S) groups is 1. The number of benzene rings is 1. The average molecular weight is 350 g/mol. The molecule has 3 nitrogen and oxygen atoms in total. The van der Waals surface area contributed by atoms with E-state index in [2.05, 4.69) is 62.7 Å². The van der Waals surface area contributed by atoms with Crippen LogP contribution in [0.3, 0.4) is 0 Å². The van der Waals surface area contributed by atoms with Crippen LogP contribution in [0.5, 0.6) is 0 Å². The predicted molar refractivity (Wildman–Crippen MR) is 91.0 cm³/mol. The number of hydrogen-bond donors (Lipinski definition) is 2. The van der Waals surface area contributed by atoms with Gasteiger partial charge in [0.15, 0.2) is 5.11 Å². The van der Waals surface area contributed by atoms with Crippen molar-refractivity contribution in [1.82, 2.24) is 10.3 Å². The van der Waals surface area contributed by atoms with Crippen molar-refractivity contribution < 1.29 is 0 Å². The first-order chi connectivity index (χ1) is 9.66. The van der Waals surface area contributed by atoms with Gasteiger partial charge in [0, 0.05) is 12.7 Å². The zero-order valence-electron chi connectivity index (χ0n) is 11.2. The lowest BCUT2D eigenvalue weighted by molar-refractivity contribution is 0.867. The van der Waals surface area contributed by atoms with Crippen molar-refractivity contribution in [1.29, 1.82) is 0 Å². The number of halogens is 1. The lowest BCUT2D eigenvalue weighted by Crippen LogP contribution is -2.30. The van der Waals surface area contributed by atoms with Crippen molar-refractivity contribution in [3.05, 3.63) is 58.2 Å². The molecule has 1 aromatic heterocycles. The van der Waals surface area contributed by atoms with Gasteiger partial charge in [0.2, 0.25) is 0 Å². The minimum absolute atomic E-state index is 0.581. The fourth-order valence-corrected chi connectivity index (χ4v) is 2.38. The summed E-state index contributed by atoms with van der Waals surface area (Å²) < 4.78 is 0.892. The van der Waals surface area contributed by atoms with E-state index in [4.69, 9.17) is 12.2 Å². The molecule has 2 rings (SSSR count). The maximum Gasteiger partial charge on any atom is 0.171 e. The minimum Gasteiger partial charge on any atom is -0.362 e. The van der Waals surface area contributed by atoms with E-state index in [1.807, 2.05) is 12.1 Å². The molecule has 0 unspecified atom stereocenters. The van der Waals surface area contributed by atoms with Gasteiger partial charge < -0.3 is 10.6 Å². The van der Waals surface area contributed by atoms with Crippen molar-refractivity contribution in [2.24, 2.45) is 0 Å². The van der Waals surface area contributed by atoms with E-state index in [9.17, 15) is 0 Å². The van der Waals surface area contributed by atoms with E-state index >= 15 is 0 Å². The van der Waals surface area contributed by atoms with Gasteiger partial charge in [-0.2, -0.15) is 0 Å². The third kappa shape index (κ3) is 4.28. The Morgan fingerprint density at radius 2 is 2.05 bits per heavy atom. The van der Waals surface area contributed by atoms with Crippen LogP contribution in [0.25, 0.3) is 0 Å². The highest BCUT2D eigenvalue weighted by Crippen LogP contribution is 2.17. The molecule has 0 aliphatic carbocycles. The number of nitrogens with one attached hydrogen (secondary N) is 2. The van der Waals surface area contributed by atoms with Crippen LogP contribution < -0.4 is 10.6 Å². The summed E-state index contributed by atoms with van der Waals surface area (Å²) in [5.41, 5.74) is 2.64. The van der Waals surface area contributed by atoms with Gasteiger partial charge in [0.05, 0.1) is 4.47 Å². The van der Waals surface area contributed by atoms with Crippen LogP contribution in [0.1, 0.15) is 11.1 Å². The van der Waals surface area contributed by atoms with Crippen LogP contribution in [0.15, 0.2) is 47.1 Å². The molecule has 2 aromatic rings. The second kappa shape index (κ2) is 7.36. The molecule has 0 fully saturated rings. The Bertz CT molecular complexity index is 601. The molecule has 104 valence electrons. The largest absolute Gasteiger partial charge is 0.362 e. The smallest absolute Gasteiger partial charge is 0.171 e. The number of anilines is 1. The van der Waals surface area contributed by atoms with Crippen LogP contribution in [0, 0.1) is 6.92 Å². The summed E-state index contributed by atoms with van der Waals surface area (Å²) in [4.78, 5) is 4.21. The number of aryl methyl sites for hydroxylation is 1. The SMILES string of the molecule is Cc1ccccc1CCNC(=S)Nc1ncccc1Br. The first-order valence-corrected chi connectivity index (χ1v) is 7.57. The molecule has 0 spiro atoms. The van der Waals surface area contributed by atoms with E-state index in [0.717, 1.165) is 23.3 Å². The van der Waals surface area contributed by atoms with E-state index in [1.54, 1.807) is 6.20 Å². The van der Waals surface area contributed by atoms with Crippen molar-refractivity contribution in [2.75, 3.05) is 11.9 Å². The van der Waals surface area contributed by atoms with Crippen molar-refractivity contribution in [2.45, 2.75) is 13.3 Å². The number of aromatic nitrogens is 1. The first kappa shape index (κ1) is 14.9. The Morgan fingerprint density at radius 1 is 1.25 bits per heavy atom. The third-order valence-electron chi connectivity index (χ3n) is 2.93. The molecular formula is C15H16BrN3S. The molecule has 0 bridgehead atoms. The molecule has 0 aliphatic rings. The molecule has 2 N–H and O–H groups in total. The molecule has 20 heavy (non-hydrogen) atoms. The number of nitrogens with zero attached hydrogens (tertiary/aromatic N) is 1. The second-order valence-corrected chi connectivity index (χ2v) is 5.65. The molecule has 5 heteroatoms. The zero-order valence-corrected chi connectivity index (χ0v) is 13.6. The van der Waals surface area contributed by atoms with E-state index < -0.39 is 0 Å². The van der Waals surface area contributed by atoms with Gasteiger partial charge >= 0.3 is 0 Å². The third-order valence-corrected chi connectivity index (χ3v) is 3.82. The summed E-state index contributed by atoms with van der Waals surface area (Å²) in [7, 11) is 0. The monoisotopic (exact) mass is 349 g/mol. The number of pyridine rings is 1. The van der Waals surface area contributed by atoms with Gasteiger partial charge in [-0.15, -0.1) is 0 Å². The number of rotatable bonds is 4. The Balaban J connectivity index is 1.82. The van der Waals surface area contributed by atoms with Crippen molar-refractivity contribution in [3.8, 4) is 0 Å². The molecule has 0 saturated heterocycles. The van der Waals surface area contributed by atoms with Gasteiger partial charge in [-0.05, 0) is 64.8 Å². The maximum absolute atomic E-state index is 5.26. The highest BCUT2D eigenvalue weighted by atomic mass is 79.9. The molecule has 0 aliphatic heterocycles. The Kier molecular flexibility index (Phi) is 5.49. The van der Waals surface area contributed by atoms with Crippen LogP contribution in [-0.2, 0) is 6.42 Å². The van der Waals surface area contributed by atoms with Crippen molar-refractivity contribution >= 4 is 39.1 Å². The highest BCUT2D eigenvalue weighted by Gasteiger charge is 2.03. The topological polar surface area (TPSA) is 37.0 Å². The summed E-state index contributed by atoms with van der Waals surface area (Å²) in [5, 5.41) is 6.85. The molecule has 1 heterocycles. The summed E-state index contributed by atoms with van der Waals surface area (Å²) in [6, 6.07) is 12.2. The van der Waals surface area contributed by atoms with E-state index in [0.29, 0.717) is 5.11 Å². The fourth-order valence-electron chi connectivity index (χ4n) is 1.83. The van der Waals surface area contributed by atoms with Gasteiger partial charge in [0.25, 0.3) is 0 Å². The van der Waals surface area contributed by atoms with Crippen molar-refractivity contribution in [3.63, 3.8) is 0 Å². The fraction of sp³-hybridized carbons (Fsp3) is 0.200. The van der Waals surface area contributed by atoms with Gasteiger partial charge in [0.1, 0.15) is 5.82 Å². The quantitative estimate of drug-likeness (QED) is 0.825. The summed E-state index contributed by atoms with van der Waals surface area (Å²) >= 11 is 8.69. The lowest BCUT2D eigenvalue weighted by atomic mass is 10.1. The minimum atomic E-state index is 0.581. The first-order valence-electron chi connectivity index (χ1n) is 6.36. The maximum atomic E-state index is 5.26. The number of hydrogen-bond acceptors (Lipinski definition) is 2. The highest BCUT2D eigenvalue weighted by molar-refractivity contribution is 9.10. The summed E-state index contributed by atoms with van der Waals surface area (Å²) in [6.45, 7) is 2.91. The van der Waals surface area contributed by atoms with Gasteiger partial charge in [-0.1, -0.05) is 24.3 Å². The molecule has 1 aromatic carbocycles. The average Bonchev–Trinajstić information content (AvgIpc) is 2.43.